The normalized spacial score (nSPS) is 19.3. The van der Waals surface area contributed by atoms with Gasteiger partial charge in [0.2, 0.25) is 0 Å². The Morgan fingerprint density at radius 1 is 0.960 bits per heavy atom. The van der Waals surface area contributed by atoms with E-state index in [0.717, 1.165) is 38.4 Å². The molecule has 1 aliphatic heterocycles. The van der Waals surface area contributed by atoms with Crippen molar-refractivity contribution in [1.29, 1.82) is 0 Å². The molecule has 134 valence electrons. The van der Waals surface area contributed by atoms with E-state index in [2.05, 4.69) is 41.4 Å². The molecule has 3 atom stereocenters. The molecule has 2 N–H and O–H groups in total. The number of hydrogen-bond acceptors (Lipinski definition) is 4. The van der Waals surface area contributed by atoms with Crippen molar-refractivity contribution < 1.29 is 9.84 Å². The molecule has 0 aromatic heterocycles. The highest BCUT2D eigenvalue weighted by Crippen LogP contribution is 2.21. The molecule has 0 saturated carbocycles. The van der Waals surface area contributed by atoms with Crippen LogP contribution in [0.1, 0.15) is 30.2 Å². The minimum absolute atomic E-state index is 0.0456. The lowest BCUT2D eigenvalue weighted by atomic mass is 9.99. The molecule has 0 spiro atoms. The molecule has 0 radical (unpaired) electrons. The maximum atomic E-state index is 11.0. The predicted molar refractivity (Wildman–Crippen MR) is 100 cm³/mol. The van der Waals surface area contributed by atoms with Gasteiger partial charge in [-0.3, -0.25) is 4.90 Å². The predicted octanol–water partition coefficient (Wildman–Crippen LogP) is 2.77. The van der Waals surface area contributed by atoms with Crippen LogP contribution >= 0.6 is 0 Å². The van der Waals surface area contributed by atoms with E-state index < -0.39 is 6.10 Å². The zero-order valence-corrected chi connectivity index (χ0v) is 14.8. The number of benzene rings is 2. The van der Waals surface area contributed by atoms with E-state index in [9.17, 15) is 5.11 Å². The second-order valence-electron chi connectivity index (χ2n) is 6.67. The summed E-state index contributed by atoms with van der Waals surface area (Å²) in [5.74, 6) is 0. The molecule has 2 aromatic rings. The van der Waals surface area contributed by atoms with Gasteiger partial charge in [0, 0.05) is 25.7 Å². The summed E-state index contributed by atoms with van der Waals surface area (Å²) in [6.45, 7) is 6.32. The lowest BCUT2D eigenvalue weighted by Crippen LogP contribution is -2.48. The van der Waals surface area contributed by atoms with Gasteiger partial charge in [0.1, 0.15) is 0 Å². The Bertz CT molecular complexity index is 614. The van der Waals surface area contributed by atoms with Crippen LogP contribution in [0.25, 0.3) is 0 Å². The number of aliphatic hydroxyl groups is 1. The highest BCUT2D eigenvalue weighted by Gasteiger charge is 2.26. The fourth-order valence-corrected chi connectivity index (χ4v) is 3.35. The minimum atomic E-state index is -0.546. The van der Waals surface area contributed by atoms with Crippen LogP contribution in [0.5, 0.6) is 0 Å². The van der Waals surface area contributed by atoms with Gasteiger partial charge in [-0.2, -0.15) is 0 Å². The first-order valence-corrected chi connectivity index (χ1v) is 9.08. The summed E-state index contributed by atoms with van der Waals surface area (Å²) in [5.41, 5.74) is 2.18. The fraction of sp³-hybridized carbons (Fsp3) is 0.429. The molecule has 0 amide bonds. The molecule has 0 aliphatic carbocycles. The molecule has 3 rings (SSSR count). The molecular weight excluding hydrogens is 312 g/mol. The standard InChI is InChI=1S/C21H28N2O2/c1-17(18-8-4-2-5-9-18)22-20(16-23-12-14-25-15-13-23)21(24)19-10-6-3-7-11-19/h2-11,17,20-22,24H,12-16H2,1H3/t17?,20?,21-/m1/s1. The summed E-state index contributed by atoms with van der Waals surface area (Å²) in [6, 6.07) is 20.4. The highest BCUT2D eigenvalue weighted by molar-refractivity contribution is 5.21. The summed E-state index contributed by atoms with van der Waals surface area (Å²) in [6.07, 6.45) is -0.546. The van der Waals surface area contributed by atoms with Crippen molar-refractivity contribution in [2.45, 2.75) is 25.1 Å². The monoisotopic (exact) mass is 340 g/mol. The second kappa shape index (κ2) is 9.11. The van der Waals surface area contributed by atoms with Crippen molar-refractivity contribution in [3.05, 3.63) is 71.8 Å². The van der Waals surface area contributed by atoms with Gasteiger partial charge in [0.25, 0.3) is 0 Å². The molecule has 1 saturated heterocycles. The maximum Gasteiger partial charge on any atom is 0.0955 e. The van der Waals surface area contributed by atoms with Crippen molar-refractivity contribution in [3.8, 4) is 0 Å². The Hall–Kier alpha value is -1.72. The highest BCUT2D eigenvalue weighted by atomic mass is 16.5. The van der Waals surface area contributed by atoms with Crippen molar-refractivity contribution in [2.75, 3.05) is 32.8 Å². The lowest BCUT2D eigenvalue weighted by molar-refractivity contribution is 0.0188. The summed E-state index contributed by atoms with van der Waals surface area (Å²) >= 11 is 0. The van der Waals surface area contributed by atoms with E-state index in [1.165, 1.54) is 5.56 Å². The smallest absolute Gasteiger partial charge is 0.0955 e. The molecule has 0 bridgehead atoms. The molecule has 1 fully saturated rings. The molecule has 25 heavy (non-hydrogen) atoms. The quantitative estimate of drug-likeness (QED) is 0.813. The van der Waals surface area contributed by atoms with Crippen LogP contribution in [0.2, 0.25) is 0 Å². The SMILES string of the molecule is CC(NC(CN1CCOCC1)[C@H](O)c1ccccc1)c1ccccc1. The van der Waals surface area contributed by atoms with Gasteiger partial charge in [0.05, 0.1) is 25.4 Å². The van der Waals surface area contributed by atoms with E-state index in [4.69, 9.17) is 4.74 Å². The molecule has 4 heteroatoms. The van der Waals surface area contributed by atoms with Crippen LogP contribution in [-0.2, 0) is 4.74 Å². The number of ether oxygens (including phenoxy) is 1. The van der Waals surface area contributed by atoms with Crippen molar-refractivity contribution in [1.82, 2.24) is 10.2 Å². The summed E-state index contributed by atoms with van der Waals surface area (Å²) in [7, 11) is 0. The third-order valence-corrected chi connectivity index (χ3v) is 4.84. The van der Waals surface area contributed by atoms with Crippen LogP contribution in [0.15, 0.2) is 60.7 Å². The van der Waals surface area contributed by atoms with Crippen LogP contribution < -0.4 is 5.32 Å². The van der Waals surface area contributed by atoms with Crippen molar-refractivity contribution in [2.24, 2.45) is 0 Å². The zero-order chi connectivity index (χ0) is 17.5. The average Bonchev–Trinajstić information content (AvgIpc) is 2.69. The molecule has 4 nitrogen and oxygen atoms in total. The topological polar surface area (TPSA) is 44.7 Å². The Kier molecular flexibility index (Phi) is 6.59. The van der Waals surface area contributed by atoms with Gasteiger partial charge < -0.3 is 15.2 Å². The number of hydrogen-bond donors (Lipinski definition) is 2. The van der Waals surface area contributed by atoms with E-state index >= 15 is 0 Å². The number of nitrogens with zero attached hydrogens (tertiary/aromatic N) is 1. The van der Waals surface area contributed by atoms with Crippen molar-refractivity contribution in [3.63, 3.8) is 0 Å². The van der Waals surface area contributed by atoms with Crippen molar-refractivity contribution >= 4 is 0 Å². The van der Waals surface area contributed by atoms with Gasteiger partial charge in [-0.05, 0) is 18.1 Å². The first-order valence-electron chi connectivity index (χ1n) is 9.08. The third kappa shape index (κ3) is 5.13. The Balaban J connectivity index is 1.73. The summed E-state index contributed by atoms with van der Waals surface area (Å²) in [5, 5.41) is 14.6. The van der Waals surface area contributed by atoms with Crippen LogP contribution in [-0.4, -0.2) is 48.9 Å². The van der Waals surface area contributed by atoms with Gasteiger partial charge in [-0.15, -0.1) is 0 Å². The zero-order valence-electron chi connectivity index (χ0n) is 14.8. The fourth-order valence-electron chi connectivity index (χ4n) is 3.35. The largest absolute Gasteiger partial charge is 0.387 e. The van der Waals surface area contributed by atoms with E-state index in [1.807, 2.05) is 36.4 Å². The van der Waals surface area contributed by atoms with Crippen LogP contribution in [0, 0.1) is 0 Å². The van der Waals surface area contributed by atoms with Crippen LogP contribution in [0.4, 0.5) is 0 Å². The molecule has 1 aliphatic rings. The first-order chi connectivity index (χ1) is 12.2. The first kappa shape index (κ1) is 18.1. The third-order valence-electron chi connectivity index (χ3n) is 4.84. The Morgan fingerprint density at radius 2 is 1.52 bits per heavy atom. The minimum Gasteiger partial charge on any atom is -0.387 e. The lowest BCUT2D eigenvalue weighted by Gasteiger charge is -2.34. The second-order valence-corrected chi connectivity index (χ2v) is 6.67. The van der Waals surface area contributed by atoms with Gasteiger partial charge >= 0.3 is 0 Å². The Labute approximate surface area is 150 Å². The number of morpholine rings is 1. The Morgan fingerprint density at radius 3 is 2.12 bits per heavy atom. The van der Waals surface area contributed by atoms with E-state index in [0.29, 0.717) is 0 Å². The van der Waals surface area contributed by atoms with Crippen LogP contribution in [0.3, 0.4) is 0 Å². The molecule has 1 heterocycles. The molecule has 2 unspecified atom stereocenters. The summed E-state index contributed by atoms with van der Waals surface area (Å²) in [4.78, 5) is 2.37. The van der Waals surface area contributed by atoms with Gasteiger partial charge in [0.15, 0.2) is 0 Å². The number of aliphatic hydroxyl groups excluding tert-OH is 1. The number of nitrogens with one attached hydrogen (secondary N) is 1. The van der Waals surface area contributed by atoms with Gasteiger partial charge in [-0.25, -0.2) is 0 Å². The molecular formula is C21H28N2O2. The maximum absolute atomic E-state index is 11.0. The number of rotatable bonds is 7. The van der Waals surface area contributed by atoms with Gasteiger partial charge in [-0.1, -0.05) is 60.7 Å². The molecule has 2 aromatic carbocycles. The van der Waals surface area contributed by atoms with E-state index in [-0.39, 0.29) is 12.1 Å². The average molecular weight is 340 g/mol. The summed E-state index contributed by atoms with van der Waals surface area (Å²) < 4.78 is 5.45. The van der Waals surface area contributed by atoms with E-state index in [1.54, 1.807) is 0 Å².